The van der Waals surface area contributed by atoms with Crippen LogP contribution in [0.4, 0.5) is 10.8 Å². The number of anilines is 2. The van der Waals surface area contributed by atoms with Gasteiger partial charge in [-0.15, -0.1) is 24.0 Å². The van der Waals surface area contributed by atoms with E-state index in [1.54, 1.807) is 6.07 Å². The molecule has 1 aliphatic rings. The van der Waals surface area contributed by atoms with Gasteiger partial charge in [0, 0.05) is 34.6 Å². The van der Waals surface area contributed by atoms with Gasteiger partial charge in [-0.3, -0.25) is 10.1 Å². The highest BCUT2D eigenvalue weighted by atomic mass is 32.1. The van der Waals surface area contributed by atoms with Crippen molar-refractivity contribution in [2.45, 2.75) is 31.3 Å². The number of para-hydroxylation sites is 1. The Bertz CT molecular complexity index is 1340. The smallest absolute Gasteiger partial charge is 0.259 e. The van der Waals surface area contributed by atoms with Crippen molar-refractivity contribution in [3.63, 3.8) is 0 Å². The topological polar surface area (TPSA) is 83.1 Å². The summed E-state index contributed by atoms with van der Waals surface area (Å²) >= 11 is 6.16. The zero-order valence-electron chi connectivity index (χ0n) is 18.7. The van der Waals surface area contributed by atoms with Crippen molar-refractivity contribution in [1.82, 2.24) is 15.0 Å². The number of nitrogens with zero attached hydrogens (tertiary/aromatic N) is 3. The number of thiol groups is 1. The molecule has 1 amide bonds. The van der Waals surface area contributed by atoms with E-state index in [1.165, 1.54) is 11.3 Å². The maximum Gasteiger partial charge on any atom is 0.259 e. The van der Waals surface area contributed by atoms with Gasteiger partial charge in [0.05, 0.1) is 29.0 Å². The molecular formula is C24H25N5O2S2. The maximum absolute atomic E-state index is 12.9. The minimum atomic E-state index is -0.232. The number of benzene rings is 2. The van der Waals surface area contributed by atoms with Gasteiger partial charge in [0.1, 0.15) is 11.3 Å². The minimum absolute atomic E-state index is 0.180. The molecule has 170 valence electrons. The van der Waals surface area contributed by atoms with Gasteiger partial charge in [0.15, 0.2) is 5.13 Å². The molecule has 2 aromatic carbocycles. The number of ether oxygens (including phenoxy) is 1. The normalized spacial score (nSPS) is 15.7. The molecule has 0 saturated carbocycles. The summed E-state index contributed by atoms with van der Waals surface area (Å²) in [5, 5.41) is 5.34. The largest absolute Gasteiger partial charge is 0.372 e. The van der Waals surface area contributed by atoms with E-state index in [-0.39, 0.29) is 11.5 Å². The fraction of sp³-hybridized carbons (Fsp3) is 0.292. The maximum atomic E-state index is 12.9. The highest BCUT2D eigenvalue weighted by Crippen LogP contribution is 2.32. The third kappa shape index (κ3) is 4.48. The van der Waals surface area contributed by atoms with Gasteiger partial charge in [0.2, 0.25) is 0 Å². The van der Waals surface area contributed by atoms with E-state index in [1.807, 2.05) is 30.5 Å². The predicted octanol–water partition coefficient (Wildman–Crippen LogP) is 5.15. The molecule has 0 aliphatic carbocycles. The van der Waals surface area contributed by atoms with E-state index in [4.69, 9.17) is 22.3 Å². The Morgan fingerprint density at radius 2 is 2.12 bits per heavy atom. The standard InChI is InChI=1S/C24H25N5O2S2/c1-14-12-33-23(25-14)28-22(30)17-5-4-6-18-20(17)27-21(26-18)16-8-7-15(11-19(16)32)29-9-10-31-24(2,3)13-29/h4-8,11-12,32H,9-10,13H2,1-3H3,(H,26,27)(H,25,28,30). The quantitative estimate of drug-likeness (QED) is 0.353. The Labute approximate surface area is 201 Å². The highest BCUT2D eigenvalue weighted by Gasteiger charge is 2.27. The second kappa shape index (κ2) is 8.48. The van der Waals surface area contributed by atoms with Crippen LogP contribution in [-0.2, 0) is 4.74 Å². The first-order valence-electron chi connectivity index (χ1n) is 10.7. The van der Waals surface area contributed by atoms with Crippen molar-refractivity contribution in [3.8, 4) is 11.4 Å². The molecule has 7 nitrogen and oxygen atoms in total. The number of imidazole rings is 1. The minimum Gasteiger partial charge on any atom is -0.372 e. The Morgan fingerprint density at radius 3 is 2.85 bits per heavy atom. The summed E-state index contributed by atoms with van der Waals surface area (Å²) in [5.74, 6) is 0.443. The molecule has 0 spiro atoms. The van der Waals surface area contributed by atoms with Gasteiger partial charge in [0.25, 0.3) is 5.91 Å². The molecule has 0 unspecified atom stereocenters. The van der Waals surface area contributed by atoms with Crippen LogP contribution in [0.15, 0.2) is 46.7 Å². The Morgan fingerprint density at radius 1 is 1.27 bits per heavy atom. The molecule has 0 atom stereocenters. The summed E-state index contributed by atoms with van der Waals surface area (Å²) in [6.07, 6.45) is 0. The first kappa shape index (κ1) is 21.9. The van der Waals surface area contributed by atoms with Crippen LogP contribution in [0.1, 0.15) is 29.9 Å². The molecule has 9 heteroatoms. The zero-order valence-corrected chi connectivity index (χ0v) is 20.4. The highest BCUT2D eigenvalue weighted by molar-refractivity contribution is 7.80. The van der Waals surface area contributed by atoms with E-state index in [0.717, 1.165) is 40.4 Å². The fourth-order valence-electron chi connectivity index (χ4n) is 4.07. The molecule has 3 heterocycles. The van der Waals surface area contributed by atoms with Gasteiger partial charge in [-0.25, -0.2) is 9.97 Å². The van der Waals surface area contributed by atoms with Crippen LogP contribution < -0.4 is 10.2 Å². The lowest BCUT2D eigenvalue weighted by molar-refractivity contribution is -0.0277. The summed E-state index contributed by atoms with van der Waals surface area (Å²) < 4.78 is 5.83. The van der Waals surface area contributed by atoms with Gasteiger partial charge in [-0.05, 0) is 51.1 Å². The predicted molar refractivity (Wildman–Crippen MR) is 136 cm³/mol. The van der Waals surface area contributed by atoms with Gasteiger partial charge in [-0.1, -0.05) is 6.07 Å². The molecule has 2 N–H and O–H groups in total. The van der Waals surface area contributed by atoms with Gasteiger partial charge >= 0.3 is 0 Å². The first-order chi connectivity index (χ1) is 15.8. The average Bonchev–Trinajstić information content (AvgIpc) is 3.38. The number of hydrogen-bond acceptors (Lipinski definition) is 7. The molecule has 1 saturated heterocycles. The number of carbonyl (C=O) groups is 1. The number of nitrogens with one attached hydrogen (secondary N) is 2. The van der Waals surface area contributed by atoms with Crippen molar-refractivity contribution < 1.29 is 9.53 Å². The summed E-state index contributed by atoms with van der Waals surface area (Å²) in [6, 6.07) is 11.7. The van der Waals surface area contributed by atoms with E-state index in [0.29, 0.717) is 28.6 Å². The number of aryl methyl sites for hydroxylation is 1. The Kier molecular flexibility index (Phi) is 5.64. The van der Waals surface area contributed by atoms with Crippen LogP contribution in [0.3, 0.4) is 0 Å². The van der Waals surface area contributed by atoms with Crippen LogP contribution in [0, 0.1) is 6.92 Å². The number of rotatable bonds is 4. The number of hydrogen-bond donors (Lipinski definition) is 3. The van der Waals surface area contributed by atoms with Crippen LogP contribution in [0.5, 0.6) is 0 Å². The average molecular weight is 480 g/mol. The number of amides is 1. The lowest BCUT2D eigenvalue weighted by Gasteiger charge is -2.39. The summed E-state index contributed by atoms with van der Waals surface area (Å²) in [4.78, 5) is 28.4. The lowest BCUT2D eigenvalue weighted by Crippen LogP contribution is -2.48. The van der Waals surface area contributed by atoms with Crippen LogP contribution in [0.25, 0.3) is 22.4 Å². The molecule has 5 rings (SSSR count). The monoisotopic (exact) mass is 479 g/mol. The third-order valence-electron chi connectivity index (χ3n) is 5.62. The number of aromatic amines is 1. The summed E-state index contributed by atoms with van der Waals surface area (Å²) in [6.45, 7) is 8.47. The van der Waals surface area contributed by atoms with E-state index < -0.39 is 0 Å². The van der Waals surface area contributed by atoms with Gasteiger partial charge < -0.3 is 14.6 Å². The van der Waals surface area contributed by atoms with Crippen molar-refractivity contribution in [2.24, 2.45) is 0 Å². The second-order valence-electron chi connectivity index (χ2n) is 8.77. The SMILES string of the molecule is Cc1csc(NC(=O)c2cccc3[nH]c(-c4ccc(N5CCOC(C)(C)C5)cc4S)nc23)n1. The van der Waals surface area contributed by atoms with Crippen molar-refractivity contribution in [2.75, 3.05) is 29.9 Å². The molecule has 2 aromatic heterocycles. The number of morpholine rings is 1. The second-order valence-corrected chi connectivity index (χ2v) is 10.1. The number of carbonyl (C=O) groups excluding carboxylic acids is 1. The lowest BCUT2D eigenvalue weighted by atomic mass is 10.1. The number of fused-ring (bicyclic) bond motifs is 1. The fourth-order valence-corrected chi connectivity index (χ4v) is 5.07. The first-order valence-corrected chi connectivity index (χ1v) is 12.1. The van der Waals surface area contributed by atoms with Crippen molar-refractivity contribution >= 4 is 51.7 Å². The Balaban J connectivity index is 1.44. The third-order valence-corrected chi connectivity index (χ3v) is 6.87. The molecular weight excluding hydrogens is 454 g/mol. The molecule has 1 aliphatic heterocycles. The van der Waals surface area contributed by atoms with Crippen molar-refractivity contribution in [3.05, 3.63) is 53.0 Å². The molecule has 0 bridgehead atoms. The number of thiazole rings is 1. The van der Waals surface area contributed by atoms with E-state index in [9.17, 15) is 4.79 Å². The Hall–Kier alpha value is -2.88. The molecule has 4 aromatic rings. The number of aromatic nitrogens is 3. The molecule has 33 heavy (non-hydrogen) atoms. The molecule has 0 radical (unpaired) electrons. The number of H-pyrrole nitrogens is 1. The van der Waals surface area contributed by atoms with Crippen LogP contribution in [0.2, 0.25) is 0 Å². The molecule has 1 fully saturated rings. The van der Waals surface area contributed by atoms with E-state index in [2.05, 4.69) is 46.2 Å². The van der Waals surface area contributed by atoms with Crippen molar-refractivity contribution in [1.29, 1.82) is 0 Å². The summed E-state index contributed by atoms with van der Waals surface area (Å²) in [7, 11) is 0. The van der Waals surface area contributed by atoms with Crippen LogP contribution >= 0.6 is 24.0 Å². The van der Waals surface area contributed by atoms with Crippen LogP contribution in [-0.4, -0.2) is 46.2 Å². The summed E-state index contributed by atoms with van der Waals surface area (Å²) in [5.41, 5.74) is 4.59. The van der Waals surface area contributed by atoms with Gasteiger partial charge in [-0.2, -0.15) is 0 Å². The van der Waals surface area contributed by atoms with E-state index >= 15 is 0 Å². The zero-order chi connectivity index (χ0) is 23.2.